The SMILES string of the molecule is CN(CCOc1ccccc1CNC(=O)OC(C)(C)C)CC(=O)O. The van der Waals surface area contributed by atoms with Crippen molar-refractivity contribution >= 4 is 12.1 Å². The maximum Gasteiger partial charge on any atom is 0.407 e. The van der Waals surface area contributed by atoms with Crippen LogP contribution in [0.2, 0.25) is 0 Å². The van der Waals surface area contributed by atoms with Gasteiger partial charge in [0.05, 0.1) is 6.54 Å². The fourth-order valence-corrected chi connectivity index (χ4v) is 1.89. The van der Waals surface area contributed by atoms with Crippen molar-refractivity contribution in [3.63, 3.8) is 0 Å². The van der Waals surface area contributed by atoms with Crippen LogP contribution in [0.25, 0.3) is 0 Å². The van der Waals surface area contributed by atoms with Gasteiger partial charge >= 0.3 is 12.1 Å². The molecule has 7 nitrogen and oxygen atoms in total. The summed E-state index contributed by atoms with van der Waals surface area (Å²) >= 11 is 0. The van der Waals surface area contributed by atoms with E-state index >= 15 is 0 Å². The average molecular weight is 338 g/mol. The Bertz CT molecular complexity index is 554. The van der Waals surface area contributed by atoms with Crippen molar-refractivity contribution in [2.75, 3.05) is 26.7 Å². The van der Waals surface area contributed by atoms with E-state index in [1.54, 1.807) is 32.7 Å². The Labute approximate surface area is 142 Å². The predicted octanol–water partition coefficient (Wildman–Crippen LogP) is 2.11. The summed E-state index contributed by atoms with van der Waals surface area (Å²) in [6, 6.07) is 7.36. The molecule has 0 aliphatic rings. The highest BCUT2D eigenvalue weighted by Crippen LogP contribution is 2.18. The highest BCUT2D eigenvalue weighted by molar-refractivity contribution is 5.69. The minimum Gasteiger partial charge on any atom is -0.492 e. The number of carboxylic acids is 1. The van der Waals surface area contributed by atoms with Crippen LogP contribution in [0.5, 0.6) is 5.75 Å². The van der Waals surface area contributed by atoms with E-state index in [9.17, 15) is 9.59 Å². The van der Waals surface area contributed by atoms with Gasteiger partial charge in [0.15, 0.2) is 0 Å². The molecule has 134 valence electrons. The van der Waals surface area contributed by atoms with Gasteiger partial charge in [-0.15, -0.1) is 0 Å². The molecule has 0 radical (unpaired) electrons. The van der Waals surface area contributed by atoms with Crippen LogP contribution < -0.4 is 10.1 Å². The largest absolute Gasteiger partial charge is 0.492 e. The van der Waals surface area contributed by atoms with E-state index in [0.717, 1.165) is 5.56 Å². The number of nitrogens with zero attached hydrogens (tertiary/aromatic N) is 1. The molecule has 0 saturated heterocycles. The number of likely N-dealkylation sites (N-methyl/N-ethyl adjacent to an activating group) is 1. The number of rotatable bonds is 8. The van der Waals surface area contributed by atoms with Gasteiger partial charge in [0.1, 0.15) is 18.0 Å². The summed E-state index contributed by atoms with van der Waals surface area (Å²) in [5.41, 5.74) is 0.277. The monoisotopic (exact) mass is 338 g/mol. The predicted molar refractivity (Wildman–Crippen MR) is 90.1 cm³/mol. The molecule has 7 heteroatoms. The molecule has 24 heavy (non-hydrogen) atoms. The summed E-state index contributed by atoms with van der Waals surface area (Å²) in [6.07, 6.45) is -0.488. The molecule has 0 saturated carbocycles. The van der Waals surface area contributed by atoms with Gasteiger partial charge in [-0.3, -0.25) is 9.69 Å². The summed E-state index contributed by atoms with van der Waals surface area (Å²) < 4.78 is 10.9. The zero-order chi connectivity index (χ0) is 18.2. The lowest BCUT2D eigenvalue weighted by Gasteiger charge is -2.20. The number of nitrogens with one attached hydrogen (secondary N) is 1. The van der Waals surface area contributed by atoms with Crippen molar-refractivity contribution in [1.29, 1.82) is 0 Å². The van der Waals surface area contributed by atoms with Gasteiger partial charge in [-0.2, -0.15) is 0 Å². The van der Waals surface area contributed by atoms with E-state index in [-0.39, 0.29) is 13.1 Å². The molecule has 1 amide bonds. The van der Waals surface area contributed by atoms with Crippen molar-refractivity contribution in [2.24, 2.45) is 0 Å². The molecule has 0 bridgehead atoms. The Morgan fingerprint density at radius 1 is 1.25 bits per heavy atom. The van der Waals surface area contributed by atoms with Crippen LogP contribution in [-0.2, 0) is 16.1 Å². The number of carbonyl (C=O) groups excluding carboxylic acids is 1. The second kappa shape index (κ2) is 9.12. The van der Waals surface area contributed by atoms with Crippen molar-refractivity contribution in [2.45, 2.75) is 32.9 Å². The number of para-hydroxylation sites is 1. The van der Waals surface area contributed by atoms with Crippen molar-refractivity contribution in [1.82, 2.24) is 10.2 Å². The first kappa shape index (κ1) is 19.8. The molecule has 0 spiro atoms. The first-order chi connectivity index (χ1) is 11.2. The highest BCUT2D eigenvalue weighted by atomic mass is 16.6. The minimum absolute atomic E-state index is 0.0365. The molecule has 0 aromatic heterocycles. The summed E-state index contributed by atoms with van der Waals surface area (Å²) in [6.45, 7) is 6.50. The zero-order valence-electron chi connectivity index (χ0n) is 14.7. The molecule has 1 aromatic rings. The normalized spacial score (nSPS) is 11.2. The van der Waals surface area contributed by atoms with E-state index in [0.29, 0.717) is 18.9 Å². The van der Waals surface area contributed by atoms with Crippen molar-refractivity contribution < 1.29 is 24.2 Å². The Morgan fingerprint density at radius 3 is 2.54 bits per heavy atom. The lowest BCUT2D eigenvalue weighted by Crippen LogP contribution is -2.32. The Balaban J connectivity index is 2.50. The third kappa shape index (κ3) is 8.38. The lowest BCUT2D eigenvalue weighted by atomic mass is 10.2. The molecule has 0 atom stereocenters. The number of hydrogen-bond acceptors (Lipinski definition) is 5. The van der Waals surface area contributed by atoms with Crippen LogP contribution in [0.15, 0.2) is 24.3 Å². The molecule has 1 aromatic carbocycles. The van der Waals surface area contributed by atoms with E-state index < -0.39 is 17.7 Å². The summed E-state index contributed by atoms with van der Waals surface area (Å²) in [5, 5.41) is 11.4. The average Bonchev–Trinajstić information content (AvgIpc) is 2.43. The van der Waals surface area contributed by atoms with Crippen molar-refractivity contribution in [3.8, 4) is 5.75 Å². The van der Waals surface area contributed by atoms with E-state index in [2.05, 4.69) is 5.32 Å². The van der Waals surface area contributed by atoms with Gasteiger partial charge < -0.3 is 19.9 Å². The summed E-state index contributed by atoms with van der Waals surface area (Å²) in [7, 11) is 1.72. The number of ether oxygens (including phenoxy) is 2. The number of carboxylic acid groups (broad SMARTS) is 1. The molecule has 1 rings (SSSR count). The summed E-state index contributed by atoms with van der Waals surface area (Å²) in [5.74, 6) is -0.225. The second-order valence-corrected chi connectivity index (χ2v) is 6.44. The Hall–Kier alpha value is -2.28. The molecule has 0 unspecified atom stereocenters. The van der Waals surface area contributed by atoms with Gasteiger partial charge in [-0.1, -0.05) is 18.2 Å². The molecule has 0 heterocycles. The zero-order valence-corrected chi connectivity index (χ0v) is 14.7. The maximum absolute atomic E-state index is 11.7. The number of hydrogen-bond donors (Lipinski definition) is 2. The number of alkyl carbamates (subject to hydrolysis) is 1. The number of carbonyl (C=O) groups is 2. The fourth-order valence-electron chi connectivity index (χ4n) is 1.89. The van der Waals surface area contributed by atoms with Gasteiger partial charge in [0, 0.05) is 18.7 Å². The molecular weight excluding hydrogens is 312 g/mol. The second-order valence-electron chi connectivity index (χ2n) is 6.44. The third-order valence-corrected chi connectivity index (χ3v) is 2.93. The highest BCUT2D eigenvalue weighted by Gasteiger charge is 2.16. The van der Waals surface area contributed by atoms with Gasteiger partial charge in [-0.05, 0) is 33.9 Å². The molecule has 0 aliphatic carbocycles. The number of aliphatic carboxylic acids is 1. The third-order valence-electron chi connectivity index (χ3n) is 2.93. The molecule has 2 N–H and O–H groups in total. The van der Waals surface area contributed by atoms with Crippen LogP contribution in [0.1, 0.15) is 26.3 Å². The first-order valence-corrected chi connectivity index (χ1v) is 7.75. The lowest BCUT2D eigenvalue weighted by molar-refractivity contribution is -0.138. The van der Waals surface area contributed by atoms with Crippen LogP contribution >= 0.6 is 0 Å². The Morgan fingerprint density at radius 2 is 1.92 bits per heavy atom. The van der Waals surface area contributed by atoms with Crippen LogP contribution in [0, 0.1) is 0 Å². The smallest absolute Gasteiger partial charge is 0.407 e. The molecule has 0 fully saturated rings. The van der Waals surface area contributed by atoms with E-state index in [1.807, 2.05) is 24.3 Å². The van der Waals surface area contributed by atoms with Crippen LogP contribution in [0.3, 0.4) is 0 Å². The molecular formula is C17H26N2O5. The standard InChI is InChI=1S/C17H26N2O5/c1-17(2,3)24-16(22)18-11-13-7-5-6-8-14(13)23-10-9-19(4)12-15(20)21/h5-8H,9-12H2,1-4H3,(H,18,22)(H,20,21). The van der Waals surface area contributed by atoms with Crippen LogP contribution in [0.4, 0.5) is 4.79 Å². The maximum atomic E-state index is 11.7. The topological polar surface area (TPSA) is 88.1 Å². The quantitative estimate of drug-likeness (QED) is 0.755. The van der Waals surface area contributed by atoms with Crippen molar-refractivity contribution in [3.05, 3.63) is 29.8 Å². The number of benzene rings is 1. The minimum atomic E-state index is -0.875. The van der Waals surface area contributed by atoms with Crippen LogP contribution in [-0.4, -0.2) is 54.4 Å². The molecule has 0 aliphatic heterocycles. The van der Waals surface area contributed by atoms with Gasteiger partial charge in [0.2, 0.25) is 0 Å². The van der Waals surface area contributed by atoms with E-state index in [1.165, 1.54) is 0 Å². The van der Waals surface area contributed by atoms with E-state index in [4.69, 9.17) is 14.6 Å². The number of amides is 1. The fraction of sp³-hybridized carbons (Fsp3) is 0.529. The van der Waals surface area contributed by atoms with Gasteiger partial charge in [-0.25, -0.2) is 4.79 Å². The first-order valence-electron chi connectivity index (χ1n) is 7.75. The van der Waals surface area contributed by atoms with Gasteiger partial charge in [0.25, 0.3) is 0 Å². The Kier molecular flexibility index (Phi) is 7.51. The summed E-state index contributed by atoms with van der Waals surface area (Å²) in [4.78, 5) is 24.0.